The number of hydrogen-bond donors (Lipinski definition) is 4. The first-order chi connectivity index (χ1) is 7.79. The largest absolute Gasteiger partial charge is 0.480 e. The summed E-state index contributed by atoms with van der Waals surface area (Å²) < 4.78 is 10.7. The average molecular weight is 259 g/mol. The number of rotatable bonds is 5. The normalized spacial score (nSPS) is 13.4. The molecule has 6 nitrogen and oxygen atoms in total. The second kappa shape index (κ2) is 5.42. The highest BCUT2D eigenvalue weighted by Gasteiger charge is 2.15. The monoisotopic (exact) mass is 259 g/mol. The zero-order valence-electron chi connectivity index (χ0n) is 8.98. The Hall–Kier alpha value is -1.20. The fraction of sp³-hybridized carbons (Fsp3) is 0.300. The van der Waals surface area contributed by atoms with Gasteiger partial charge < -0.3 is 20.6 Å². The van der Waals surface area contributed by atoms with Gasteiger partial charge in [-0.2, -0.15) is 0 Å². The minimum atomic E-state index is -4.00. The highest BCUT2D eigenvalue weighted by Crippen LogP contribution is 2.34. The molecule has 0 saturated heterocycles. The van der Waals surface area contributed by atoms with Crippen molar-refractivity contribution in [1.82, 2.24) is 0 Å². The summed E-state index contributed by atoms with van der Waals surface area (Å²) in [6.45, 7) is 0. The summed E-state index contributed by atoms with van der Waals surface area (Å²) in [5.41, 5.74) is 6.59. The fourth-order valence-electron chi connectivity index (χ4n) is 1.31. The number of aliphatic carboxylic acids is 1. The average Bonchev–Trinajstić information content (AvgIpc) is 2.25. The molecule has 0 aliphatic heterocycles. The van der Waals surface area contributed by atoms with E-state index in [9.17, 15) is 9.36 Å². The van der Waals surface area contributed by atoms with Crippen molar-refractivity contribution < 1.29 is 24.3 Å². The lowest BCUT2D eigenvalue weighted by Gasteiger charge is -2.08. The lowest BCUT2D eigenvalue weighted by atomic mass is 10.0. The van der Waals surface area contributed by atoms with Crippen LogP contribution < -0.4 is 5.73 Å². The molecule has 7 heteroatoms. The molecule has 0 aromatic heterocycles. The Balaban J connectivity index is 2.68. The van der Waals surface area contributed by atoms with Gasteiger partial charge in [-0.3, -0.25) is 9.36 Å². The Labute approximate surface area is 98.2 Å². The van der Waals surface area contributed by atoms with E-state index in [0.717, 1.165) is 5.56 Å². The van der Waals surface area contributed by atoms with Crippen molar-refractivity contribution in [1.29, 1.82) is 0 Å². The smallest absolute Gasteiger partial charge is 0.325 e. The third-order valence-electron chi connectivity index (χ3n) is 2.30. The quantitative estimate of drug-likeness (QED) is 0.571. The fourth-order valence-corrected chi connectivity index (χ4v) is 1.86. The molecule has 0 fully saturated rings. The van der Waals surface area contributed by atoms with E-state index in [1.54, 1.807) is 24.3 Å². The number of aryl methyl sites for hydroxylation is 1. The minimum absolute atomic E-state index is 0.225. The highest BCUT2D eigenvalue weighted by molar-refractivity contribution is 7.51. The molecule has 0 amide bonds. The van der Waals surface area contributed by atoms with Crippen LogP contribution in [0.25, 0.3) is 0 Å². The van der Waals surface area contributed by atoms with Crippen LogP contribution in [0.2, 0.25) is 0 Å². The van der Waals surface area contributed by atoms with Crippen LogP contribution in [0.15, 0.2) is 24.3 Å². The van der Waals surface area contributed by atoms with Gasteiger partial charge in [0.1, 0.15) is 6.04 Å². The van der Waals surface area contributed by atoms with Crippen molar-refractivity contribution in [2.75, 3.05) is 6.16 Å². The van der Waals surface area contributed by atoms with Gasteiger partial charge in [0.15, 0.2) is 0 Å². The van der Waals surface area contributed by atoms with Crippen molar-refractivity contribution in [3.8, 4) is 0 Å². The Bertz CT molecular complexity index is 439. The number of nitrogens with two attached hydrogens (primary N) is 1. The molecule has 0 saturated carbocycles. The SMILES string of the molecule is NC(C(=O)O)c1ccc(CCP(=O)(O)O)cc1. The minimum Gasteiger partial charge on any atom is -0.480 e. The molecule has 5 N–H and O–H groups in total. The van der Waals surface area contributed by atoms with Crippen molar-refractivity contribution in [3.05, 3.63) is 35.4 Å². The third kappa shape index (κ3) is 4.66. The highest BCUT2D eigenvalue weighted by atomic mass is 31.2. The third-order valence-corrected chi connectivity index (χ3v) is 3.10. The van der Waals surface area contributed by atoms with Gasteiger partial charge in [-0.05, 0) is 17.5 Å². The molecule has 0 bridgehead atoms. The Kier molecular flexibility index (Phi) is 4.42. The van der Waals surface area contributed by atoms with E-state index >= 15 is 0 Å². The Morgan fingerprint density at radius 3 is 2.24 bits per heavy atom. The zero-order valence-corrected chi connectivity index (χ0v) is 9.88. The molecular formula is C10H14NO5P. The van der Waals surface area contributed by atoms with E-state index in [4.69, 9.17) is 20.6 Å². The van der Waals surface area contributed by atoms with Gasteiger partial charge in [0.25, 0.3) is 0 Å². The Morgan fingerprint density at radius 2 is 1.82 bits per heavy atom. The summed E-state index contributed by atoms with van der Waals surface area (Å²) in [5, 5.41) is 8.69. The van der Waals surface area contributed by atoms with Crippen molar-refractivity contribution in [2.24, 2.45) is 5.73 Å². The van der Waals surface area contributed by atoms with Gasteiger partial charge in [0.2, 0.25) is 0 Å². The lowest BCUT2D eigenvalue weighted by molar-refractivity contribution is -0.138. The van der Waals surface area contributed by atoms with Crippen LogP contribution in [-0.2, 0) is 15.8 Å². The molecule has 0 spiro atoms. The van der Waals surface area contributed by atoms with E-state index in [0.29, 0.717) is 5.56 Å². The molecule has 0 aliphatic carbocycles. The molecule has 1 aromatic carbocycles. The molecule has 0 radical (unpaired) electrons. The topological polar surface area (TPSA) is 121 Å². The van der Waals surface area contributed by atoms with Gasteiger partial charge in [-0.25, -0.2) is 0 Å². The second-order valence-electron chi connectivity index (χ2n) is 3.70. The molecule has 1 unspecified atom stereocenters. The summed E-state index contributed by atoms with van der Waals surface area (Å²) in [5.74, 6) is -1.12. The predicted octanol–water partition coefficient (Wildman–Crippen LogP) is 0.491. The standard InChI is InChI=1S/C10H14NO5P/c11-9(10(12)13)8-3-1-7(2-4-8)5-6-17(14,15)16/h1-4,9H,5-6,11H2,(H,12,13)(H2,14,15,16). The molecule has 17 heavy (non-hydrogen) atoms. The van der Waals surface area contributed by atoms with Crippen LogP contribution >= 0.6 is 7.60 Å². The summed E-state index contributed by atoms with van der Waals surface area (Å²) >= 11 is 0. The maximum Gasteiger partial charge on any atom is 0.325 e. The summed E-state index contributed by atoms with van der Waals surface area (Å²) in [6.07, 6.45) is 0.0181. The van der Waals surface area contributed by atoms with Crippen molar-refractivity contribution >= 4 is 13.6 Å². The summed E-state index contributed by atoms with van der Waals surface area (Å²) in [7, 11) is -4.00. The molecule has 94 valence electrons. The first-order valence-corrected chi connectivity index (χ1v) is 6.71. The van der Waals surface area contributed by atoms with Gasteiger partial charge in [0.05, 0.1) is 6.16 Å². The van der Waals surface area contributed by atoms with E-state index in [-0.39, 0.29) is 12.6 Å². The summed E-state index contributed by atoms with van der Waals surface area (Å²) in [6, 6.07) is 5.26. The van der Waals surface area contributed by atoms with Crippen LogP contribution in [0, 0.1) is 0 Å². The molecule has 0 aliphatic rings. The first kappa shape index (κ1) is 13.9. The number of hydrogen-bond acceptors (Lipinski definition) is 3. The number of carboxylic acids is 1. The summed E-state index contributed by atoms with van der Waals surface area (Å²) in [4.78, 5) is 28.0. The maximum absolute atomic E-state index is 10.7. The van der Waals surface area contributed by atoms with E-state index in [1.807, 2.05) is 0 Å². The molecule has 1 rings (SSSR count). The molecular weight excluding hydrogens is 245 g/mol. The predicted molar refractivity (Wildman–Crippen MR) is 61.6 cm³/mol. The van der Waals surface area contributed by atoms with Crippen LogP contribution in [0.1, 0.15) is 17.2 Å². The van der Waals surface area contributed by atoms with Gasteiger partial charge in [-0.1, -0.05) is 24.3 Å². The van der Waals surface area contributed by atoms with Crippen LogP contribution in [-0.4, -0.2) is 27.0 Å². The van der Waals surface area contributed by atoms with Crippen molar-refractivity contribution in [3.63, 3.8) is 0 Å². The first-order valence-electron chi connectivity index (χ1n) is 4.91. The van der Waals surface area contributed by atoms with Crippen LogP contribution in [0.3, 0.4) is 0 Å². The van der Waals surface area contributed by atoms with E-state index in [2.05, 4.69) is 0 Å². The van der Waals surface area contributed by atoms with Gasteiger partial charge >= 0.3 is 13.6 Å². The maximum atomic E-state index is 10.7. The van der Waals surface area contributed by atoms with Crippen LogP contribution in [0.5, 0.6) is 0 Å². The number of benzene rings is 1. The number of carboxylic acid groups (broad SMARTS) is 1. The van der Waals surface area contributed by atoms with E-state index < -0.39 is 19.6 Å². The van der Waals surface area contributed by atoms with Gasteiger partial charge in [0, 0.05) is 0 Å². The number of carbonyl (C=O) groups is 1. The lowest BCUT2D eigenvalue weighted by Crippen LogP contribution is -2.20. The van der Waals surface area contributed by atoms with E-state index in [1.165, 1.54) is 0 Å². The molecule has 1 atom stereocenters. The van der Waals surface area contributed by atoms with Gasteiger partial charge in [-0.15, -0.1) is 0 Å². The van der Waals surface area contributed by atoms with Crippen molar-refractivity contribution in [2.45, 2.75) is 12.5 Å². The second-order valence-corrected chi connectivity index (χ2v) is 5.47. The molecule has 1 aromatic rings. The Morgan fingerprint density at radius 1 is 1.29 bits per heavy atom. The zero-order chi connectivity index (χ0) is 13.1. The molecule has 0 heterocycles. The van der Waals surface area contributed by atoms with Crippen LogP contribution in [0.4, 0.5) is 0 Å².